The Kier molecular flexibility index (Phi) is 4.81. The first-order chi connectivity index (χ1) is 9.75. The van der Waals surface area contributed by atoms with Crippen molar-refractivity contribution in [3.8, 4) is 0 Å². The highest BCUT2D eigenvalue weighted by molar-refractivity contribution is 6.34. The molecule has 1 unspecified atom stereocenters. The summed E-state index contributed by atoms with van der Waals surface area (Å²) in [7, 11) is 0. The zero-order valence-corrected chi connectivity index (χ0v) is 12.3. The average molecular weight is 334 g/mol. The molecule has 112 valence electrons. The van der Waals surface area contributed by atoms with Crippen LogP contribution in [0.5, 0.6) is 0 Å². The second-order valence-electron chi connectivity index (χ2n) is 4.71. The summed E-state index contributed by atoms with van der Waals surface area (Å²) in [6.45, 7) is 0. The molecule has 21 heavy (non-hydrogen) atoms. The molecule has 0 amide bonds. The van der Waals surface area contributed by atoms with Gasteiger partial charge in [0, 0.05) is 16.1 Å². The number of halogens is 5. The summed E-state index contributed by atoms with van der Waals surface area (Å²) in [5.74, 6) is 0. The van der Waals surface area contributed by atoms with Crippen molar-refractivity contribution in [2.45, 2.75) is 18.6 Å². The van der Waals surface area contributed by atoms with Crippen LogP contribution in [0.15, 0.2) is 42.5 Å². The lowest BCUT2D eigenvalue weighted by Gasteiger charge is -2.14. The number of nitrogens with two attached hydrogens (primary N) is 1. The van der Waals surface area contributed by atoms with Crippen LogP contribution in [0.1, 0.15) is 22.7 Å². The Morgan fingerprint density at radius 1 is 1.00 bits per heavy atom. The van der Waals surface area contributed by atoms with E-state index in [1.54, 1.807) is 24.3 Å². The molecule has 1 nitrogen and oxygen atoms in total. The molecule has 2 rings (SSSR count). The lowest BCUT2D eigenvalue weighted by atomic mass is 9.98. The maximum Gasteiger partial charge on any atom is 0.416 e. The van der Waals surface area contributed by atoms with Crippen molar-refractivity contribution >= 4 is 23.2 Å². The van der Waals surface area contributed by atoms with E-state index in [4.69, 9.17) is 28.9 Å². The van der Waals surface area contributed by atoms with Crippen LogP contribution in [0.4, 0.5) is 13.2 Å². The molecular weight excluding hydrogens is 322 g/mol. The van der Waals surface area contributed by atoms with Crippen molar-refractivity contribution in [3.05, 3.63) is 69.2 Å². The van der Waals surface area contributed by atoms with E-state index >= 15 is 0 Å². The van der Waals surface area contributed by atoms with Gasteiger partial charge >= 0.3 is 6.18 Å². The topological polar surface area (TPSA) is 26.0 Å². The van der Waals surface area contributed by atoms with Crippen LogP contribution in [0.3, 0.4) is 0 Å². The number of alkyl halides is 3. The number of hydrogen-bond donors (Lipinski definition) is 1. The third-order valence-electron chi connectivity index (χ3n) is 3.02. The van der Waals surface area contributed by atoms with E-state index in [2.05, 4.69) is 0 Å². The number of rotatable bonds is 3. The first kappa shape index (κ1) is 16.1. The van der Waals surface area contributed by atoms with Crippen LogP contribution in [0, 0.1) is 0 Å². The SMILES string of the molecule is NC(Cc1cccc(C(F)(F)F)c1)c1cc(Cl)cc(Cl)c1. The molecule has 2 N–H and O–H groups in total. The van der Waals surface area contributed by atoms with Crippen LogP contribution >= 0.6 is 23.2 Å². The second-order valence-corrected chi connectivity index (χ2v) is 5.58. The average Bonchev–Trinajstić information content (AvgIpc) is 2.37. The van der Waals surface area contributed by atoms with Gasteiger partial charge in [-0.1, -0.05) is 41.4 Å². The van der Waals surface area contributed by atoms with E-state index in [1.807, 2.05) is 0 Å². The third kappa shape index (κ3) is 4.37. The Labute approximate surface area is 130 Å². The van der Waals surface area contributed by atoms with Gasteiger partial charge in [0.25, 0.3) is 0 Å². The highest BCUT2D eigenvalue weighted by atomic mass is 35.5. The van der Waals surface area contributed by atoms with E-state index in [0.29, 0.717) is 21.2 Å². The van der Waals surface area contributed by atoms with Crippen LogP contribution in [-0.4, -0.2) is 0 Å². The molecule has 0 fully saturated rings. The highest BCUT2D eigenvalue weighted by Gasteiger charge is 2.30. The molecule has 2 aromatic rings. The minimum Gasteiger partial charge on any atom is -0.324 e. The molecule has 0 bridgehead atoms. The van der Waals surface area contributed by atoms with Crippen molar-refractivity contribution in [1.82, 2.24) is 0 Å². The van der Waals surface area contributed by atoms with Gasteiger partial charge in [0.1, 0.15) is 0 Å². The molecule has 0 aliphatic carbocycles. The van der Waals surface area contributed by atoms with Crippen molar-refractivity contribution < 1.29 is 13.2 Å². The summed E-state index contributed by atoms with van der Waals surface area (Å²) in [5, 5.41) is 0.883. The summed E-state index contributed by atoms with van der Waals surface area (Å²) in [5.41, 5.74) is 6.53. The van der Waals surface area contributed by atoms with Crippen LogP contribution in [0.25, 0.3) is 0 Å². The fourth-order valence-corrected chi connectivity index (χ4v) is 2.58. The highest BCUT2D eigenvalue weighted by Crippen LogP contribution is 2.30. The molecule has 0 aliphatic heterocycles. The fourth-order valence-electron chi connectivity index (χ4n) is 2.04. The molecular formula is C15H12Cl2F3N. The Hall–Kier alpha value is -1.23. The molecule has 2 aromatic carbocycles. The minimum atomic E-state index is -4.36. The largest absolute Gasteiger partial charge is 0.416 e. The summed E-state index contributed by atoms with van der Waals surface area (Å²) in [6.07, 6.45) is -4.10. The van der Waals surface area contributed by atoms with Gasteiger partial charge in [0.2, 0.25) is 0 Å². The molecule has 1 atom stereocenters. The van der Waals surface area contributed by atoms with Gasteiger partial charge in [0.05, 0.1) is 5.56 Å². The molecule has 0 heterocycles. The van der Waals surface area contributed by atoms with E-state index in [1.165, 1.54) is 6.07 Å². The van der Waals surface area contributed by atoms with Crippen LogP contribution in [-0.2, 0) is 12.6 Å². The predicted molar refractivity (Wildman–Crippen MR) is 78.5 cm³/mol. The molecule has 0 spiro atoms. The van der Waals surface area contributed by atoms with Crippen LogP contribution in [0.2, 0.25) is 10.0 Å². The van der Waals surface area contributed by atoms with E-state index < -0.39 is 17.8 Å². The van der Waals surface area contributed by atoms with Gasteiger partial charge in [0.15, 0.2) is 0 Å². The summed E-state index contributed by atoms with van der Waals surface area (Å²) < 4.78 is 38.0. The zero-order chi connectivity index (χ0) is 15.6. The quantitative estimate of drug-likeness (QED) is 0.815. The van der Waals surface area contributed by atoms with Crippen LogP contribution < -0.4 is 5.73 Å². The summed E-state index contributed by atoms with van der Waals surface area (Å²) >= 11 is 11.8. The Morgan fingerprint density at radius 2 is 1.62 bits per heavy atom. The van der Waals surface area contributed by atoms with Gasteiger partial charge in [-0.3, -0.25) is 0 Å². The first-order valence-electron chi connectivity index (χ1n) is 6.13. The molecule has 0 saturated heterocycles. The fraction of sp³-hybridized carbons (Fsp3) is 0.200. The predicted octanol–water partition coefficient (Wildman–Crippen LogP) is 5.25. The van der Waals surface area contributed by atoms with E-state index in [-0.39, 0.29) is 6.42 Å². The minimum absolute atomic E-state index is 0.264. The molecule has 0 aromatic heterocycles. The number of benzene rings is 2. The lowest BCUT2D eigenvalue weighted by Crippen LogP contribution is -2.14. The Bertz CT molecular complexity index is 621. The first-order valence-corrected chi connectivity index (χ1v) is 6.89. The smallest absolute Gasteiger partial charge is 0.324 e. The van der Waals surface area contributed by atoms with Gasteiger partial charge < -0.3 is 5.73 Å². The third-order valence-corrected chi connectivity index (χ3v) is 3.46. The molecule has 6 heteroatoms. The van der Waals surface area contributed by atoms with Gasteiger partial charge in [-0.15, -0.1) is 0 Å². The van der Waals surface area contributed by atoms with Gasteiger partial charge in [-0.25, -0.2) is 0 Å². The standard InChI is InChI=1S/C15H12Cl2F3N/c16-12-6-10(7-13(17)8-12)14(21)5-9-2-1-3-11(4-9)15(18,19)20/h1-4,6-8,14H,5,21H2. The van der Waals surface area contributed by atoms with Crippen molar-refractivity contribution in [1.29, 1.82) is 0 Å². The normalized spacial score (nSPS) is 13.2. The molecule has 0 radical (unpaired) electrons. The number of hydrogen-bond acceptors (Lipinski definition) is 1. The zero-order valence-electron chi connectivity index (χ0n) is 10.8. The summed E-state index contributed by atoms with van der Waals surface area (Å²) in [4.78, 5) is 0. The van der Waals surface area contributed by atoms with Gasteiger partial charge in [-0.05, 0) is 41.8 Å². The Morgan fingerprint density at radius 3 is 2.19 bits per heavy atom. The monoisotopic (exact) mass is 333 g/mol. The summed E-state index contributed by atoms with van der Waals surface area (Å²) in [6, 6.07) is 9.53. The maximum atomic E-state index is 12.7. The van der Waals surface area contributed by atoms with Crippen molar-refractivity contribution in [2.24, 2.45) is 5.73 Å². The van der Waals surface area contributed by atoms with Gasteiger partial charge in [-0.2, -0.15) is 13.2 Å². The molecule has 0 saturated carbocycles. The maximum absolute atomic E-state index is 12.7. The lowest BCUT2D eigenvalue weighted by molar-refractivity contribution is -0.137. The van der Waals surface area contributed by atoms with E-state index in [9.17, 15) is 13.2 Å². The second kappa shape index (κ2) is 6.26. The van der Waals surface area contributed by atoms with Crippen molar-refractivity contribution in [2.75, 3.05) is 0 Å². The molecule has 0 aliphatic rings. The van der Waals surface area contributed by atoms with Crippen molar-refractivity contribution in [3.63, 3.8) is 0 Å². The van der Waals surface area contributed by atoms with E-state index in [0.717, 1.165) is 12.1 Å². The Balaban J connectivity index is 2.21.